The van der Waals surface area contributed by atoms with E-state index in [1.54, 1.807) is 6.20 Å². The zero-order chi connectivity index (χ0) is 15.2. The number of nitrogens with zero attached hydrogens (tertiary/aromatic N) is 2. The highest BCUT2D eigenvalue weighted by Crippen LogP contribution is 2.16. The third kappa shape index (κ3) is 3.72. The summed E-state index contributed by atoms with van der Waals surface area (Å²) in [6.45, 7) is 7.56. The number of hydrogen-bond donors (Lipinski definition) is 1. The van der Waals surface area contributed by atoms with Crippen LogP contribution in [0.1, 0.15) is 47.2 Å². The van der Waals surface area contributed by atoms with Gasteiger partial charge in [-0.3, -0.25) is 9.78 Å². The van der Waals surface area contributed by atoms with E-state index in [-0.39, 0.29) is 5.91 Å². The van der Waals surface area contributed by atoms with Crippen LogP contribution in [0.3, 0.4) is 0 Å². The zero-order valence-electron chi connectivity index (χ0n) is 13.0. The standard InChI is InChI=1S/C17H23N3O/c1-4-5-9-19-17(21)16-11-13(2)20(14(16)3)12-15-8-6-7-10-18-15/h6-8,10-11H,4-5,9,12H2,1-3H3,(H,19,21). The minimum Gasteiger partial charge on any atom is -0.352 e. The molecule has 2 aromatic rings. The van der Waals surface area contributed by atoms with Gasteiger partial charge in [-0.2, -0.15) is 0 Å². The van der Waals surface area contributed by atoms with Crippen molar-refractivity contribution in [2.24, 2.45) is 0 Å². The van der Waals surface area contributed by atoms with Gasteiger partial charge in [0.15, 0.2) is 0 Å². The van der Waals surface area contributed by atoms with Crippen LogP contribution in [0.25, 0.3) is 0 Å². The van der Waals surface area contributed by atoms with Crippen LogP contribution in [-0.4, -0.2) is 22.0 Å². The molecule has 0 saturated carbocycles. The van der Waals surface area contributed by atoms with Crippen molar-refractivity contribution >= 4 is 5.91 Å². The van der Waals surface area contributed by atoms with Gasteiger partial charge in [0.2, 0.25) is 0 Å². The van der Waals surface area contributed by atoms with E-state index < -0.39 is 0 Å². The Balaban J connectivity index is 2.15. The molecule has 0 aromatic carbocycles. The first-order chi connectivity index (χ1) is 10.1. The van der Waals surface area contributed by atoms with E-state index >= 15 is 0 Å². The van der Waals surface area contributed by atoms with Crippen LogP contribution in [0, 0.1) is 13.8 Å². The van der Waals surface area contributed by atoms with Crippen LogP contribution in [0.15, 0.2) is 30.5 Å². The molecule has 0 aliphatic carbocycles. The van der Waals surface area contributed by atoms with Crippen molar-refractivity contribution in [2.45, 2.75) is 40.2 Å². The predicted molar refractivity (Wildman–Crippen MR) is 84.5 cm³/mol. The van der Waals surface area contributed by atoms with Crippen LogP contribution in [0.5, 0.6) is 0 Å². The fourth-order valence-corrected chi connectivity index (χ4v) is 2.40. The van der Waals surface area contributed by atoms with E-state index in [0.29, 0.717) is 6.54 Å². The molecule has 2 rings (SSSR count). The molecule has 0 atom stereocenters. The Morgan fingerprint density at radius 1 is 1.33 bits per heavy atom. The van der Waals surface area contributed by atoms with Gasteiger partial charge in [0.25, 0.3) is 5.91 Å². The number of rotatable bonds is 6. The highest BCUT2D eigenvalue weighted by atomic mass is 16.1. The Morgan fingerprint density at radius 3 is 2.81 bits per heavy atom. The Morgan fingerprint density at radius 2 is 2.14 bits per heavy atom. The van der Waals surface area contributed by atoms with Gasteiger partial charge in [0, 0.05) is 24.1 Å². The number of pyridine rings is 1. The lowest BCUT2D eigenvalue weighted by molar-refractivity contribution is 0.0952. The Hall–Kier alpha value is -2.10. The van der Waals surface area contributed by atoms with E-state index in [9.17, 15) is 4.79 Å². The zero-order valence-corrected chi connectivity index (χ0v) is 13.0. The fraction of sp³-hybridized carbons (Fsp3) is 0.412. The van der Waals surface area contributed by atoms with Crippen molar-refractivity contribution in [3.63, 3.8) is 0 Å². The Labute approximate surface area is 126 Å². The van der Waals surface area contributed by atoms with Crippen LogP contribution < -0.4 is 5.32 Å². The number of hydrogen-bond acceptors (Lipinski definition) is 2. The van der Waals surface area contributed by atoms with Gasteiger partial charge in [0.05, 0.1) is 17.8 Å². The molecule has 1 amide bonds. The van der Waals surface area contributed by atoms with Gasteiger partial charge in [-0.05, 0) is 38.5 Å². The number of aromatic nitrogens is 2. The van der Waals surface area contributed by atoms with E-state index in [4.69, 9.17) is 0 Å². The summed E-state index contributed by atoms with van der Waals surface area (Å²) >= 11 is 0. The molecule has 1 N–H and O–H groups in total. The van der Waals surface area contributed by atoms with Gasteiger partial charge in [-0.15, -0.1) is 0 Å². The molecule has 0 bridgehead atoms. The molecular formula is C17H23N3O. The van der Waals surface area contributed by atoms with E-state index in [1.165, 1.54) is 0 Å². The van der Waals surface area contributed by atoms with Crippen LogP contribution >= 0.6 is 0 Å². The molecule has 4 heteroatoms. The van der Waals surface area contributed by atoms with Crippen LogP contribution in [0.4, 0.5) is 0 Å². The molecule has 0 unspecified atom stereocenters. The lowest BCUT2D eigenvalue weighted by Gasteiger charge is -2.09. The summed E-state index contributed by atoms with van der Waals surface area (Å²) in [6.07, 6.45) is 3.89. The molecule has 0 aliphatic rings. The molecule has 0 radical (unpaired) electrons. The molecule has 0 saturated heterocycles. The predicted octanol–water partition coefficient (Wildman–Crippen LogP) is 3.08. The van der Waals surface area contributed by atoms with Gasteiger partial charge in [-0.1, -0.05) is 19.4 Å². The molecule has 4 nitrogen and oxygen atoms in total. The third-order valence-electron chi connectivity index (χ3n) is 3.68. The fourth-order valence-electron chi connectivity index (χ4n) is 2.40. The maximum atomic E-state index is 12.2. The van der Waals surface area contributed by atoms with E-state index in [1.807, 2.05) is 38.1 Å². The van der Waals surface area contributed by atoms with E-state index in [2.05, 4.69) is 21.8 Å². The van der Waals surface area contributed by atoms with Crippen molar-refractivity contribution < 1.29 is 4.79 Å². The summed E-state index contributed by atoms with van der Waals surface area (Å²) in [7, 11) is 0. The summed E-state index contributed by atoms with van der Waals surface area (Å²) in [5, 5.41) is 2.98. The summed E-state index contributed by atoms with van der Waals surface area (Å²) in [6, 6.07) is 7.85. The minimum atomic E-state index is 0.0174. The highest BCUT2D eigenvalue weighted by molar-refractivity contribution is 5.95. The Kier molecular flexibility index (Phi) is 5.14. The normalized spacial score (nSPS) is 10.6. The second-order valence-corrected chi connectivity index (χ2v) is 5.30. The lowest BCUT2D eigenvalue weighted by Crippen LogP contribution is -2.24. The summed E-state index contributed by atoms with van der Waals surface area (Å²) < 4.78 is 2.14. The largest absolute Gasteiger partial charge is 0.352 e. The number of carbonyl (C=O) groups excluding carboxylic acids is 1. The summed E-state index contributed by atoms with van der Waals surface area (Å²) in [5.74, 6) is 0.0174. The summed E-state index contributed by atoms with van der Waals surface area (Å²) in [4.78, 5) is 16.6. The molecular weight excluding hydrogens is 262 g/mol. The molecule has 21 heavy (non-hydrogen) atoms. The molecule has 0 spiro atoms. The van der Waals surface area contributed by atoms with E-state index in [0.717, 1.165) is 42.0 Å². The van der Waals surface area contributed by atoms with Crippen LogP contribution in [0.2, 0.25) is 0 Å². The molecule has 0 fully saturated rings. The first-order valence-electron chi connectivity index (χ1n) is 7.48. The molecule has 2 heterocycles. The number of aryl methyl sites for hydroxylation is 1. The maximum Gasteiger partial charge on any atom is 0.253 e. The van der Waals surface area contributed by atoms with Crippen molar-refractivity contribution in [3.05, 3.63) is 53.1 Å². The first-order valence-corrected chi connectivity index (χ1v) is 7.48. The second-order valence-electron chi connectivity index (χ2n) is 5.30. The highest BCUT2D eigenvalue weighted by Gasteiger charge is 2.15. The SMILES string of the molecule is CCCCNC(=O)c1cc(C)n(Cc2ccccn2)c1C. The number of amides is 1. The van der Waals surface area contributed by atoms with Crippen molar-refractivity contribution in [2.75, 3.05) is 6.54 Å². The van der Waals surface area contributed by atoms with Crippen LogP contribution in [-0.2, 0) is 6.54 Å². The van der Waals surface area contributed by atoms with Crippen molar-refractivity contribution in [1.29, 1.82) is 0 Å². The minimum absolute atomic E-state index is 0.0174. The molecule has 2 aromatic heterocycles. The number of carbonyl (C=O) groups is 1. The number of unbranched alkanes of at least 4 members (excludes halogenated alkanes) is 1. The molecule has 0 aliphatic heterocycles. The smallest absolute Gasteiger partial charge is 0.253 e. The van der Waals surface area contributed by atoms with Gasteiger partial charge in [-0.25, -0.2) is 0 Å². The van der Waals surface area contributed by atoms with Gasteiger partial charge in [0.1, 0.15) is 0 Å². The summed E-state index contributed by atoms with van der Waals surface area (Å²) in [5.41, 5.74) is 3.84. The van der Waals surface area contributed by atoms with Crippen molar-refractivity contribution in [3.8, 4) is 0 Å². The maximum absolute atomic E-state index is 12.2. The average molecular weight is 285 g/mol. The van der Waals surface area contributed by atoms with Gasteiger partial charge < -0.3 is 9.88 Å². The third-order valence-corrected chi connectivity index (χ3v) is 3.68. The second kappa shape index (κ2) is 7.07. The lowest BCUT2D eigenvalue weighted by atomic mass is 10.2. The topological polar surface area (TPSA) is 46.9 Å². The Bertz CT molecular complexity index is 602. The first kappa shape index (κ1) is 15.3. The monoisotopic (exact) mass is 285 g/mol. The molecule has 112 valence electrons. The quantitative estimate of drug-likeness (QED) is 0.829. The number of nitrogens with one attached hydrogen (secondary N) is 1. The van der Waals surface area contributed by atoms with Crippen molar-refractivity contribution in [1.82, 2.24) is 14.9 Å². The van der Waals surface area contributed by atoms with Gasteiger partial charge >= 0.3 is 0 Å². The average Bonchev–Trinajstić information content (AvgIpc) is 2.77.